The summed E-state index contributed by atoms with van der Waals surface area (Å²) in [5.74, 6) is -0.601. The molecular formula is C7H5BrFNaO4S. The molecule has 0 radical (unpaired) electrons. The van der Waals surface area contributed by atoms with Gasteiger partial charge in [0.05, 0.1) is 0 Å². The third kappa shape index (κ3) is 4.10. The van der Waals surface area contributed by atoms with Gasteiger partial charge in [-0.05, 0) is 12.1 Å². The number of aliphatic hydroxyl groups is 1. The van der Waals surface area contributed by atoms with E-state index >= 15 is 0 Å². The maximum Gasteiger partial charge on any atom is 1.00 e. The second-order valence-electron chi connectivity index (χ2n) is 2.51. The number of halogens is 2. The van der Waals surface area contributed by atoms with Crippen molar-refractivity contribution >= 4 is 26.0 Å². The average Bonchev–Trinajstić information content (AvgIpc) is 2.01. The van der Waals surface area contributed by atoms with Gasteiger partial charge in [-0.1, -0.05) is 22.0 Å². The molecule has 0 amide bonds. The molecule has 0 aromatic heterocycles. The Kier molecular flexibility index (Phi) is 5.91. The summed E-state index contributed by atoms with van der Waals surface area (Å²) >= 11 is 2.84. The van der Waals surface area contributed by atoms with Crippen molar-refractivity contribution in [3.05, 3.63) is 34.1 Å². The Bertz CT molecular complexity index is 450. The molecule has 0 spiro atoms. The Balaban J connectivity index is 0.00000196. The number of benzene rings is 1. The molecule has 15 heavy (non-hydrogen) atoms. The third-order valence-corrected chi connectivity index (χ3v) is 2.99. The molecule has 1 N–H and O–H groups in total. The Morgan fingerprint density at radius 1 is 1.47 bits per heavy atom. The predicted octanol–water partition coefficient (Wildman–Crippen LogP) is -1.87. The fourth-order valence-electron chi connectivity index (χ4n) is 0.857. The first kappa shape index (κ1) is 15.5. The Morgan fingerprint density at radius 3 is 2.40 bits per heavy atom. The number of aliphatic hydroxyl groups excluding tert-OH is 1. The van der Waals surface area contributed by atoms with Crippen LogP contribution in [0.3, 0.4) is 0 Å². The molecule has 0 bridgehead atoms. The van der Waals surface area contributed by atoms with Crippen LogP contribution in [0.25, 0.3) is 0 Å². The molecule has 1 unspecified atom stereocenters. The van der Waals surface area contributed by atoms with Crippen LogP contribution in [0.2, 0.25) is 0 Å². The Morgan fingerprint density at radius 2 is 2.00 bits per heavy atom. The molecule has 0 heterocycles. The largest absolute Gasteiger partial charge is 1.00 e. The van der Waals surface area contributed by atoms with Crippen LogP contribution in [-0.2, 0) is 10.1 Å². The first-order valence-electron chi connectivity index (χ1n) is 3.40. The van der Waals surface area contributed by atoms with Crippen molar-refractivity contribution in [2.75, 3.05) is 0 Å². The van der Waals surface area contributed by atoms with Gasteiger partial charge < -0.3 is 9.66 Å². The van der Waals surface area contributed by atoms with Gasteiger partial charge in [-0.2, -0.15) is 0 Å². The summed E-state index contributed by atoms with van der Waals surface area (Å²) in [4.78, 5) is 0. The van der Waals surface area contributed by atoms with Gasteiger partial charge in [0.15, 0.2) is 5.44 Å². The molecule has 0 fully saturated rings. The molecule has 0 saturated heterocycles. The number of hydrogen-bond donors (Lipinski definition) is 1. The zero-order chi connectivity index (χ0) is 10.9. The Labute approximate surface area is 117 Å². The maximum atomic E-state index is 12.6. The van der Waals surface area contributed by atoms with E-state index in [0.29, 0.717) is 0 Å². The summed E-state index contributed by atoms with van der Waals surface area (Å²) in [6.45, 7) is 0. The minimum absolute atomic E-state index is 0. The molecule has 0 saturated carbocycles. The normalized spacial score (nSPS) is 13.1. The summed E-state index contributed by atoms with van der Waals surface area (Å²) in [5, 5.41) is 9.08. The second-order valence-corrected chi connectivity index (χ2v) is 4.80. The van der Waals surface area contributed by atoms with E-state index in [1.807, 2.05) is 0 Å². The van der Waals surface area contributed by atoms with E-state index < -0.39 is 21.4 Å². The van der Waals surface area contributed by atoms with Crippen LogP contribution >= 0.6 is 15.9 Å². The molecule has 0 aliphatic heterocycles. The van der Waals surface area contributed by atoms with Crippen molar-refractivity contribution < 1.29 is 52.0 Å². The second kappa shape index (κ2) is 5.72. The van der Waals surface area contributed by atoms with E-state index in [1.165, 1.54) is 0 Å². The monoisotopic (exact) mass is 306 g/mol. The van der Waals surface area contributed by atoms with Crippen molar-refractivity contribution in [3.63, 3.8) is 0 Å². The molecule has 78 valence electrons. The number of rotatable bonds is 2. The fraction of sp³-hybridized carbons (Fsp3) is 0.143. The molecule has 1 rings (SSSR count). The molecule has 4 nitrogen and oxygen atoms in total. The van der Waals surface area contributed by atoms with Gasteiger partial charge in [-0.15, -0.1) is 0 Å². The van der Waals surface area contributed by atoms with Crippen LogP contribution in [0.5, 0.6) is 0 Å². The first-order chi connectivity index (χ1) is 6.32. The van der Waals surface area contributed by atoms with Gasteiger partial charge >= 0.3 is 29.6 Å². The summed E-state index contributed by atoms with van der Waals surface area (Å²) in [7, 11) is -4.84. The van der Waals surface area contributed by atoms with Crippen molar-refractivity contribution in [2.24, 2.45) is 0 Å². The summed E-state index contributed by atoms with van der Waals surface area (Å²) in [6.07, 6.45) is 0. The minimum atomic E-state index is -4.84. The van der Waals surface area contributed by atoms with Crippen LogP contribution < -0.4 is 29.6 Å². The quantitative estimate of drug-likeness (QED) is 0.513. The van der Waals surface area contributed by atoms with Gasteiger partial charge in [-0.3, -0.25) is 0 Å². The molecule has 1 aromatic carbocycles. The van der Waals surface area contributed by atoms with Crippen molar-refractivity contribution in [3.8, 4) is 0 Å². The van der Waals surface area contributed by atoms with Gasteiger partial charge in [-0.25, -0.2) is 12.8 Å². The van der Waals surface area contributed by atoms with E-state index in [4.69, 9.17) is 5.11 Å². The average molecular weight is 307 g/mol. The van der Waals surface area contributed by atoms with Gasteiger partial charge in [0.2, 0.25) is 0 Å². The first-order valence-corrected chi connectivity index (χ1v) is 5.66. The van der Waals surface area contributed by atoms with E-state index in [2.05, 4.69) is 15.9 Å². The van der Waals surface area contributed by atoms with Gasteiger partial charge in [0.1, 0.15) is 15.9 Å². The summed E-state index contributed by atoms with van der Waals surface area (Å²) in [6, 6.07) is 2.94. The minimum Gasteiger partial charge on any atom is -0.746 e. The molecule has 0 aliphatic carbocycles. The van der Waals surface area contributed by atoms with Crippen LogP contribution in [0.1, 0.15) is 11.0 Å². The smallest absolute Gasteiger partial charge is 0.746 e. The van der Waals surface area contributed by atoms with E-state index in [9.17, 15) is 17.4 Å². The number of hydrogen-bond acceptors (Lipinski definition) is 4. The molecule has 8 heteroatoms. The zero-order valence-corrected chi connectivity index (χ0v) is 12.0. The topological polar surface area (TPSA) is 77.4 Å². The van der Waals surface area contributed by atoms with Crippen LogP contribution in [0, 0.1) is 5.82 Å². The molecular weight excluding hydrogens is 302 g/mol. The fourth-order valence-corrected chi connectivity index (χ4v) is 2.09. The van der Waals surface area contributed by atoms with E-state index in [-0.39, 0.29) is 39.6 Å². The van der Waals surface area contributed by atoms with Gasteiger partial charge in [0.25, 0.3) is 0 Å². The standard InChI is InChI=1S/C7H6BrFO4S.Na/c8-6-3-4(9)1-2-5(6)7(10)14(11,12)13;/h1-3,7,10H,(H,11,12,13);/q;+1/p-1. The van der Waals surface area contributed by atoms with Crippen molar-refractivity contribution in [1.82, 2.24) is 0 Å². The Hall–Kier alpha value is 0.500. The van der Waals surface area contributed by atoms with Crippen LogP contribution in [0.4, 0.5) is 4.39 Å². The van der Waals surface area contributed by atoms with Crippen LogP contribution in [-0.4, -0.2) is 18.1 Å². The predicted molar refractivity (Wildman–Crippen MR) is 48.8 cm³/mol. The van der Waals surface area contributed by atoms with Crippen LogP contribution in [0.15, 0.2) is 22.7 Å². The maximum absolute atomic E-state index is 12.6. The van der Waals surface area contributed by atoms with E-state index in [0.717, 1.165) is 18.2 Å². The SMILES string of the molecule is O=S(=O)([O-])C(O)c1ccc(F)cc1Br.[Na+]. The summed E-state index contributed by atoms with van der Waals surface area (Å²) < 4.78 is 43.9. The molecule has 0 aliphatic rings. The summed E-state index contributed by atoms with van der Waals surface area (Å²) in [5.41, 5.74) is -2.36. The molecule has 1 aromatic rings. The zero-order valence-electron chi connectivity index (χ0n) is 7.65. The van der Waals surface area contributed by atoms with Crippen molar-refractivity contribution in [2.45, 2.75) is 5.44 Å². The van der Waals surface area contributed by atoms with Gasteiger partial charge in [0, 0.05) is 10.0 Å². The van der Waals surface area contributed by atoms with Crippen molar-refractivity contribution in [1.29, 1.82) is 0 Å². The third-order valence-electron chi connectivity index (χ3n) is 1.50. The van der Waals surface area contributed by atoms with E-state index in [1.54, 1.807) is 0 Å². The molecule has 1 atom stereocenters.